The molecule has 0 aliphatic rings. The summed E-state index contributed by atoms with van der Waals surface area (Å²) in [5.74, 6) is 0.523. The molecule has 0 fully saturated rings. The van der Waals surface area contributed by atoms with Gasteiger partial charge in [0, 0.05) is 13.5 Å². The molecular weight excluding hydrogens is 288 g/mol. The van der Waals surface area contributed by atoms with Crippen molar-refractivity contribution < 1.29 is 14.3 Å². The Morgan fingerprint density at radius 3 is 3.00 bits per heavy atom. The number of aliphatic carboxylic acids is 1. The third-order valence-electron chi connectivity index (χ3n) is 2.48. The summed E-state index contributed by atoms with van der Waals surface area (Å²) in [6, 6.07) is 3.60. The van der Waals surface area contributed by atoms with Gasteiger partial charge in [-0.3, -0.25) is 4.79 Å². The second-order valence-electron chi connectivity index (χ2n) is 3.60. The van der Waals surface area contributed by atoms with Gasteiger partial charge >= 0.3 is 5.97 Å². The molecule has 2 rings (SSSR count). The summed E-state index contributed by atoms with van der Waals surface area (Å²) >= 11 is 3.34. The number of imidazole rings is 1. The molecule has 0 amide bonds. The van der Waals surface area contributed by atoms with Gasteiger partial charge in [-0.05, 0) is 28.1 Å². The first-order valence-corrected chi connectivity index (χ1v) is 5.85. The van der Waals surface area contributed by atoms with E-state index in [1.807, 2.05) is 17.7 Å². The van der Waals surface area contributed by atoms with Gasteiger partial charge in [-0.15, -0.1) is 0 Å². The van der Waals surface area contributed by atoms with Gasteiger partial charge in [0.2, 0.25) is 0 Å². The molecule has 0 saturated carbocycles. The zero-order valence-electron chi connectivity index (χ0n) is 9.18. The lowest BCUT2D eigenvalue weighted by atomic mass is 10.2. The van der Waals surface area contributed by atoms with Gasteiger partial charge in [-0.2, -0.15) is 0 Å². The van der Waals surface area contributed by atoms with Crippen LogP contribution in [0.4, 0.5) is 0 Å². The van der Waals surface area contributed by atoms with Crippen molar-refractivity contribution in [3.05, 3.63) is 28.7 Å². The van der Waals surface area contributed by atoms with Crippen molar-refractivity contribution in [3.8, 4) is 11.6 Å². The number of halogens is 1. The normalized spacial score (nSPS) is 10.7. The summed E-state index contributed by atoms with van der Waals surface area (Å²) in [6.07, 6.45) is 2.09. The minimum atomic E-state index is -0.822. The van der Waals surface area contributed by atoms with E-state index in [-0.39, 0.29) is 6.42 Å². The molecule has 17 heavy (non-hydrogen) atoms. The van der Waals surface area contributed by atoms with Crippen molar-refractivity contribution in [2.75, 3.05) is 0 Å². The molecule has 90 valence electrons. The molecule has 0 bridgehead atoms. The van der Waals surface area contributed by atoms with Crippen molar-refractivity contribution in [1.29, 1.82) is 0 Å². The maximum absolute atomic E-state index is 10.6. The van der Waals surface area contributed by atoms with E-state index in [4.69, 9.17) is 9.52 Å². The fraction of sp³-hybridized carbons (Fsp3) is 0.273. The summed E-state index contributed by atoms with van der Waals surface area (Å²) in [6.45, 7) is 0. The SMILES string of the molecule is Cn1c(-c2ccco2)nc(Br)c1CCC(=O)O. The zero-order chi connectivity index (χ0) is 12.4. The van der Waals surface area contributed by atoms with E-state index in [1.165, 1.54) is 0 Å². The topological polar surface area (TPSA) is 68.3 Å². The smallest absolute Gasteiger partial charge is 0.303 e. The van der Waals surface area contributed by atoms with Gasteiger partial charge < -0.3 is 14.1 Å². The highest BCUT2D eigenvalue weighted by molar-refractivity contribution is 9.10. The number of nitrogens with zero attached hydrogens (tertiary/aromatic N) is 2. The predicted octanol–water partition coefficient (Wildman–Crippen LogP) is 2.46. The summed E-state index contributed by atoms with van der Waals surface area (Å²) < 4.78 is 7.77. The van der Waals surface area contributed by atoms with Gasteiger partial charge in [0.05, 0.1) is 18.4 Å². The maximum atomic E-state index is 10.6. The summed E-state index contributed by atoms with van der Waals surface area (Å²) in [4.78, 5) is 14.9. The van der Waals surface area contributed by atoms with Crippen LogP contribution in [0, 0.1) is 0 Å². The minimum Gasteiger partial charge on any atom is -0.481 e. The first-order chi connectivity index (χ1) is 8.09. The predicted molar refractivity (Wildman–Crippen MR) is 64.6 cm³/mol. The van der Waals surface area contributed by atoms with Crippen LogP contribution >= 0.6 is 15.9 Å². The van der Waals surface area contributed by atoms with Crippen LogP contribution in [0.2, 0.25) is 0 Å². The van der Waals surface area contributed by atoms with Crippen LogP contribution in [0.25, 0.3) is 11.6 Å². The molecule has 2 aromatic heterocycles. The quantitative estimate of drug-likeness (QED) is 0.941. The fourth-order valence-electron chi connectivity index (χ4n) is 1.62. The van der Waals surface area contributed by atoms with Gasteiger partial charge in [0.15, 0.2) is 11.6 Å². The molecule has 0 radical (unpaired) electrons. The maximum Gasteiger partial charge on any atom is 0.303 e. The van der Waals surface area contributed by atoms with Crippen LogP contribution < -0.4 is 0 Å². The van der Waals surface area contributed by atoms with Gasteiger partial charge in [0.25, 0.3) is 0 Å². The van der Waals surface area contributed by atoms with E-state index in [1.54, 1.807) is 12.3 Å². The molecule has 2 heterocycles. The van der Waals surface area contributed by atoms with Crippen molar-refractivity contribution in [2.24, 2.45) is 7.05 Å². The van der Waals surface area contributed by atoms with E-state index in [0.29, 0.717) is 22.6 Å². The number of carbonyl (C=O) groups is 1. The van der Waals surface area contributed by atoms with Gasteiger partial charge in [0.1, 0.15) is 4.60 Å². The lowest BCUT2D eigenvalue weighted by Gasteiger charge is -2.03. The molecule has 1 N–H and O–H groups in total. The Balaban J connectivity index is 2.32. The Hall–Kier alpha value is -1.56. The summed E-state index contributed by atoms with van der Waals surface area (Å²) in [5.41, 5.74) is 0.846. The largest absolute Gasteiger partial charge is 0.481 e. The van der Waals surface area contributed by atoms with E-state index in [2.05, 4.69) is 20.9 Å². The van der Waals surface area contributed by atoms with Crippen LogP contribution in [0.1, 0.15) is 12.1 Å². The van der Waals surface area contributed by atoms with Crippen molar-refractivity contribution >= 4 is 21.9 Å². The Morgan fingerprint density at radius 2 is 2.41 bits per heavy atom. The molecule has 0 spiro atoms. The highest BCUT2D eigenvalue weighted by atomic mass is 79.9. The summed E-state index contributed by atoms with van der Waals surface area (Å²) in [5, 5.41) is 8.68. The summed E-state index contributed by atoms with van der Waals surface area (Å²) in [7, 11) is 1.84. The molecule has 0 aliphatic heterocycles. The van der Waals surface area contributed by atoms with Crippen LogP contribution in [-0.2, 0) is 18.3 Å². The number of rotatable bonds is 4. The Bertz CT molecular complexity index is 531. The first-order valence-electron chi connectivity index (χ1n) is 5.06. The molecule has 0 saturated heterocycles. The van der Waals surface area contributed by atoms with Crippen LogP contribution in [-0.4, -0.2) is 20.6 Å². The van der Waals surface area contributed by atoms with Crippen LogP contribution in [0.5, 0.6) is 0 Å². The van der Waals surface area contributed by atoms with E-state index in [9.17, 15) is 4.79 Å². The van der Waals surface area contributed by atoms with Crippen molar-refractivity contribution in [3.63, 3.8) is 0 Å². The fourth-order valence-corrected chi connectivity index (χ4v) is 2.25. The van der Waals surface area contributed by atoms with Gasteiger partial charge in [-0.25, -0.2) is 4.98 Å². The van der Waals surface area contributed by atoms with Gasteiger partial charge in [-0.1, -0.05) is 0 Å². The molecule has 5 nitrogen and oxygen atoms in total. The minimum absolute atomic E-state index is 0.0791. The highest BCUT2D eigenvalue weighted by Crippen LogP contribution is 2.25. The molecule has 2 aromatic rings. The molecule has 0 atom stereocenters. The lowest BCUT2D eigenvalue weighted by molar-refractivity contribution is -0.136. The third kappa shape index (κ3) is 2.41. The average Bonchev–Trinajstić information content (AvgIpc) is 2.85. The molecule has 0 unspecified atom stereocenters. The highest BCUT2D eigenvalue weighted by Gasteiger charge is 2.16. The van der Waals surface area contributed by atoms with Crippen LogP contribution in [0.3, 0.4) is 0 Å². The second-order valence-corrected chi connectivity index (χ2v) is 4.35. The number of hydrogen-bond acceptors (Lipinski definition) is 3. The van der Waals surface area contributed by atoms with E-state index in [0.717, 1.165) is 5.69 Å². The molecule has 0 aliphatic carbocycles. The lowest BCUT2D eigenvalue weighted by Crippen LogP contribution is -2.03. The molecule has 6 heteroatoms. The Labute approximate surface area is 106 Å². The van der Waals surface area contributed by atoms with Crippen LogP contribution in [0.15, 0.2) is 27.4 Å². The molecular formula is C11H11BrN2O3. The second kappa shape index (κ2) is 4.75. The Kier molecular flexibility index (Phi) is 3.33. The number of aromatic nitrogens is 2. The first kappa shape index (κ1) is 11.9. The monoisotopic (exact) mass is 298 g/mol. The van der Waals surface area contributed by atoms with E-state index >= 15 is 0 Å². The number of carboxylic acids is 1. The zero-order valence-corrected chi connectivity index (χ0v) is 10.8. The standard InChI is InChI=1S/C11H11BrN2O3/c1-14-7(4-5-9(15)16)10(12)13-11(14)8-3-2-6-17-8/h2-3,6H,4-5H2,1H3,(H,15,16). The number of carboxylic acid groups (broad SMARTS) is 1. The average molecular weight is 299 g/mol. The van der Waals surface area contributed by atoms with Crippen molar-refractivity contribution in [1.82, 2.24) is 9.55 Å². The van der Waals surface area contributed by atoms with Crippen molar-refractivity contribution in [2.45, 2.75) is 12.8 Å². The molecule has 0 aromatic carbocycles. The number of hydrogen-bond donors (Lipinski definition) is 1. The van der Waals surface area contributed by atoms with E-state index < -0.39 is 5.97 Å². The third-order valence-corrected chi connectivity index (χ3v) is 3.12. The number of furan rings is 1. The Morgan fingerprint density at radius 1 is 1.65 bits per heavy atom.